The van der Waals surface area contributed by atoms with E-state index in [0.717, 1.165) is 12.1 Å². The molecule has 0 fully saturated rings. The van der Waals surface area contributed by atoms with E-state index in [0.29, 0.717) is 0 Å². The maximum absolute atomic E-state index is 13.5. The molecule has 0 unspecified atom stereocenters. The summed E-state index contributed by atoms with van der Waals surface area (Å²) < 4.78 is 30.9. The average molecular weight is 279 g/mol. The van der Waals surface area contributed by atoms with Crippen molar-refractivity contribution in [1.29, 1.82) is 0 Å². The second-order valence-corrected chi connectivity index (χ2v) is 3.90. The van der Waals surface area contributed by atoms with Crippen LogP contribution in [-0.2, 0) is 4.74 Å². The van der Waals surface area contributed by atoms with Gasteiger partial charge >= 0.3 is 5.97 Å². The molecule has 0 atom stereocenters. The zero-order valence-electron chi connectivity index (χ0n) is 10.5. The number of carbonyl (C=O) groups excluding carboxylic acids is 1. The van der Waals surface area contributed by atoms with Crippen LogP contribution < -0.4 is 11.1 Å². The van der Waals surface area contributed by atoms with Gasteiger partial charge in [-0.3, -0.25) is 0 Å². The molecular weight excluding hydrogens is 268 g/mol. The van der Waals surface area contributed by atoms with Crippen LogP contribution in [0.3, 0.4) is 0 Å². The van der Waals surface area contributed by atoms with Crippen LogP contribution in [0.1, 0.15) is 10.4 Å². The number of carbonyl (C=O) groups is 1. The quantitative estimate of drug-likeness (QED) is 0.844. The number of pyridine rings is 1. The van der Waals surface area contributed by atoms with Crippen LogP contribution in [0.5, 0.6) is 0 Å². The summed E-state index contributed by atoms with van der Waals surface area (Å²) in [5, 5.41) is 2.63. The Kier molecular flexibility index (Phi) is 3.79. The number of methoxy groups -OCH3 is 1. The van der Waals surface area contributed by atoms with E-state index in [1.54, 1.807) is 0 Å². The Morgan fingerprint density at radius 3 is 2.75 bits per heavy atom. The van der Waals surface area contributed by atoms with E-state index in [9.17, 15) is 13.6 Å². The molecular formula is C13H11F2N3O2. The summed E-state index contributed by atoms with van der Waals surface area (Å²) in [4.78, 5) is 15.4. The smallest absolute Gasteiger partial charge is 0.340 e. The van der Waals surface area contributed by atoms with Crippen LogP contribution in [0.4, 0.5) is 26.0 Å². The molecule has 5 nitrogen and oxygen atoms in total. The molecule has 0 aliphatic rings. The zero-order valence-corrected chi connectivity index (χ0v) is 10.5. The van der Waals surface area contributed by atoms with Gasteiger partial charge in [0.15, 0.2) is 0 Å². The van der Waals surface area contributed by atoms with Crippen molar-refractivity contribution in [2.75, 3.05) is 18.2 Å². The number of nitrogens with zero attached hydrogens (tertiary/aromatic N) is 1. The summed E-state index contributed by atoms with van der Waals surface area (Å²) in [5.41, 5.74) is 5.87. The summed E-state index contributed by atoms with van der Waals surface area (Å²) in [5.74, 6) is -1.91. The van der Waals surface area contributed by atoms with E-state index < -0.39 is 17.6 Å². The fourth-order valence-corrected chi connectivity index (χ4v) is 1.55. The number of hydrogen-bond acceptors (Lipinski definition) is 5. The molecule has 1 aromatic heterocycles. The van der Waals surface area contributed by atoms with Gasteiger partial charge in [-0.05, 0) is 18.2 Å². The summed E-state index contributed by atoms with van der Waals surface area (Å²) in [7, 11) is 1.22. The molecule has 0 aliphatic heterocycles. The molecule has 2 aromatic rings. The number of rotatable bonds is 3. The normalized spacial score (nSPS) is 10.2. The molecule has 0 amide bonds. The number of nitrogens with two attached hydrogens (primary N) is 1. The minimum absolute atomic E-state index is 0.0273. The predicted octanol–water partition coefficient (Wildman–Crippen LogP) is 2.47. The lowest BCUT2D eigenvalue weighted by Gasteiger charge is -2.09. The van der Waals surface area contributed by atoms with Crippen molar-refractivity contribution in [1.82, 2.24) is 4.98 Å². The van der Waals surface area contributed by atoms with Crippen LogP contribution in [0.2, 0.25) is 0 Å². The highest BCUT2D eigenvalue weighted by atomic mass is 19.1. The number of benzene rings is 1. The van der Waals surface area contributed by atoms with Crippen molar-refractivity contribution in [3.63, 3.8) is 0 Å². The molecule has 3 N–H and O–H groups in total. The van der Waals surface area contributed by atoms with Crippen LogP contribution in [0.15, 0.2) is 30.5 Å². The van der Waals surface area contributed by atoms with E-state index in [2.05, 4.69) is 15.0 Å². The van der Waals surface area contributed by atoms with Gasteiger partial charge in [-0.2, -0.15) is 0 Å². The molecule has 20 heavy (non-hydrogen) atoms. The Labute approximate surface area is 113 Å². The minimum atomic E-state index is -0.775. The van der Waals surface area contributed by atoms with Crippen LogP contribution in [-0.4, -0.2) is 18.1 Å². The summed E-state index contributed by atoms with van der Waals surface area (Å²) >= 11 is 0. The Hall–Kier alpha value is -2.70. The molecule has 0 aliphatic carbocycles. The first-order chi connectivity index (χ1) is 9.51. The Bertz CT molecular complexity index is 662. The van der Waals surface area contributed by atoms with Gasteiger partial charge in [0.2, 0.25) is 0 Å². The predicted molar refractivity (Wildman–Crippen MR) is 69.6 cm³/mol. The summed E-state index contributed by atoms with van der Waals surface area (Å²) in [6, 6.07) is 4.38. The number of nitrogen functional groups attached to an aromatic ring is 1. The highest BCUT2D eigenvalue weighted by Crippen LogP contribution is 2.22. The highest BCUT2D eigenvalue weighted by molar-refractivity contribution is 5.95. The van der Waals surface area contributed by atoms with Crippen LogP contribution >= 0.6 is 0 Å². The Morgan fingerprint density at radius 1 is 1.35 bits per heavy atom. The summed E-state index contributed by atoms with van der Waals surface area (Å²) in [6.07, 6.45) is 1.25. The first-order valence-electron chi connectivity index (χ1n) is 5.57. The van der Waals surface area contributed by atoms with E-state index >= 15 is 0 Å². The third-order valence-electron chi connectivity index (χ3n) is 2.53. The molecule has 1 heterocycles. The van der Waals surface area contributed by atoms with Gasteiger partial charge in [0, 0.05) is 6.07 Å². The molecule has 0 radical (unpaired) electrons. The Balaban J connectivity index is 2.32. The maximum Gasteiger partial charge on any atom is 0.340 e. The van der Waals surface area contributed by atoms with Crippen molar-refractivity contribution in [3.8, 4) is 0 Å². The second-order valence-electron chi connectivity index (χ2n) is 3.90. The molecule has 1 aromatic carbocycles. The standard InChI is InChI=1S/C13H11F2N3O2/c1-20-13(19)8-5-12(17-6-10(8)16)18-11-3-2-7(14)4-9(11)15/h2-6H,16H2,1H3,(H,17,18). The lowest BCUT2D eigenvalue weighted by molar-refractivity contribution is 0.0602. The van der Waals surface area contributed by atoms with Crippen LogP contribution in [0, 0.1) is 11.6 Å². The van der Waals surface area contributed by atoms with Gasteiger partial charge in [0.05, 0.1) is 30.2 Å². The lowest BCUT2D eigenvalue weighted by Crippen LogP contribution is -2.07. The Morgan fingerprint density at radius 2 is 2.10 bits per heavy atom. The van der Waals surface area contributed by atoms with E-state index in [1.807, 2.05) is 0 Å². The van der Waals surface area contributed by atoms with Gasteiger partial charge in [-0.15, -0.1) is 0 Å². The first-order valence-corrected chi connectivity index (χ1v) is 5.57. The topological polar surface area (TPSA) is 77.2 Å². The minimum Gasteiger partial charge on any atom is -0.465 e. The number of esters is 1. The van der Waals surface area contributed by atoms with E-state index in [-0.39, 0.29) is 22.8 Å². The molecule has 104 valence electrons. The van der Waals surface area contributed by atoms with Gasteiger partial charge in [0.1, 0.15) is 17.5 Å². The van der Waals surface area contributed by atoms with Gasteiger partial charge in [0.25, 0.3) is 0 Å². The molecule has 0 saturated carbocycles. The number of nitrogens with one attached hydrogen (secondary N) is 1. The zero-order chi connectivity index (χ0) is 14.7. The van der Waals surface area contributed by atoms with Crippen molar-refractivity contribution in [2.45, 2.75) is 0 Å². The molecule has 7 heteroatoms. The van der Waals surface area contributed by atoms with Crippen LogP contribution in [0.25, 0.3) is 0 Å². The molecule has 0 spiro atoms. The van der Waals surface area contributed by atoms with Gasteiger partial charge in [-0.25, -0.2) is 18.6 Å². The molecule has 0 saturated heterocycles. The van der Waals surface area contributed by atoms with Crippen molar-refractivity contribution in [2.24, 2.45) is 0 Å². The monoisotopic (exact) mass is 279 g/mol. The van der Waals surface area contributed by atoms with Crippen molar-refractivity contribution < 1.29 is 18.3 Å². The lowest BCUT2D eigenvalue weighted by atomic mass is 10.2. The van der Waals surface area contributed by atoms with E-state index in [1.165, 1.54) is 25.4 Å². The van der Waals surface area contributed by atoms with Gasteiger partial charge < -0.3 is 15.8 Å². The fraction of sp³-hybridized carbons (Fsp3) is 0.0769. The largest absolute Gasteiger partial charge is 0.465 e. The van der Waals surface area contributed by atoms with Gasteiger partial charge in [-0.1, -0.05) is 0 Å². The number of halogens is 2. The van der Waals surface area contributed by atoms with Crippen molar-refractivity contribution in [3.05, 3.63) is 47.7 Å². The third-order valence-corrected chi connectivity index (χ3v) is 2.53. The number of anilines is 3. The fourth-order valence-electron chi connectivity index (χ4n) is 1.55. The number of ether oxygens (including phenoxy) is 1. The third kappa shape index (κ3) is 2.82. The van der Waals surface area contributed by atoms with E-state index in [4.69, 9.17) is 5.73 Å². The SMILES string of the molecule is COC(=O)c1cc(Nc2ccc(F)cc2F)ncc1N. The molecule has 2 rings (SSSR count). The average Bonchev–Trinajstić information content (AvgIpc) is 2.43. The number of hydrogen-bond donors (Lipinski definition) is 2. The maximum atomic E-state index is 13.5. The van der Waals surface area contributed by atoms with Crippen molar-refractivity contribution >= 4 is 23.2 Å². The molecule has 0 bridgehead atoms. The first kappa shape index (κ1) is 13.7. The highest BCUT2D eigenvalue weighted by Gasteiger charge is 2.12. The second kappa shape index (κ2) is 5.52. The number of aromatic nitrogens is 1. The summed E-state index contributed by atoms with van der Waals surface area (Å²) in [6.45, 7) is 0.